The maximum absolute atomic E-state index is 12.2. The van der Waals surface area contributed by atoms with Crippen LogP contribution in [0.2, 0.25) is 5.02 Å². The van der Waals surface area contributed by atoms with Gasteiger partial charge in [-0.15, -0.1) is 13.2 Å². The van der Waals surface area contributed by atoms with Crippen LogP contribution in [0.25, 0.3) is 0 Å². The zero-order valence-electron chi connectivity index (χ0n) is 12.5. The van der Waals surface area contributed by atoms with Crippen LogP contribution in [-0.2, 0) is 6.54 Å². The molecule has 0 radical (unpaired) electrons. The van der Waals surface area contributed by atoms with Crippen molar-refractivity contribution in [1.29, 1.82) is 0 Å². The summed E-state index contributed by atoms with van der Waals surface area (Å²) in [6.45, 7) is 0.126. The van der Waals surface area contributed by atoms with E-state index in [0.717, 1.165) is 0 Å². The molecule has 0 aliphatic carbocycles. The minimum Gasteiger partial charge on any atom is -0.496 e. The molecule has 1 N–H and O–H groups in total. The van der Waals surface area contributed by atoms with E-state index in [1.54, 1.807) is 12.1 Å². The summed E-state index contributed by atoms with van der Waals surface area (Å²) in [5, 5.41) is 3.03. The van der Waals surface area contributed by atoms with Gasteiger partial charge in [0.25, 0.3) is 5.91 Å². The number of amides is 1. The number of hydrogen-bond donors (Lipinski definition) is 1. The van der Waals surface area contributed by atoms with E-state index in [4.69, 9.17) is 16.3 Å². The Bertz CT molecular complexity index is 717. The number of nitrogens with one attached hydrogen (secondary N) is 1. The quantitative estimate of drug-likeness (QED) is 0.871. The van der Waals surface area contributed by atoms with Crippen molar-refractivity contribution < 1.29 is 27.4 Å². The summed E-state index contributed by atoms with van der Waals surface area (Å²) in [6.07, 6.45) is -4.74. The average molecular weight is 360 g/mol. The molecule has 8 heteroatoms. The first-order valence-corrected chi connectivity index (χ1v) is 7.13. The lowest BCUT2D eigenvalue weighted by Gasteiger charge is -2.11. The van der Waals surface area contributed by atoms with E-state index in [1.807, 2.05) is 0 Å². The molecule has 0 heterocycles. The van der Waals surface area contributed by atoms with Crippen LogP contribution in [0.15, 0.2) is 42.5 Å². The fourth-order valence-corrected chi connectivity index (χ4v) is 2.12. The van der Waals surface area contributed by atoms with Crippen molar-refractivity contribution in [2.45, 2.75) is 12.9 Å². The molecule has 0 unspecified atom stereocenters. The number of halogens is 4. The molecule has 0 bridgehead atoms. The van der Waals surface area contributed by atoms with Gasteiger partial charge in [0.2, 0.25) is 0 Å². The second kappa shape index (κ2) is 7.44. The predicted molar refractivity (Wildman–Crippen MR) is 82.3 cm³/mol. The summed E-state index contributed by atoms with van der Waals surface area (Å²) in [4.78, 5) is 12.2. The molecule has 0 aliphatic heterocycles. The van der Waals surface area contributed by atoms with Crippen LogP contribution in [0.4, 0.5) is 13.2 Å². The Morgan fingerprint density at radius 1 is 1.17 bits per heavy atom. The zero-order chi connectivity index (χ0) is 17.7. The number of alkyl halides is 3. The number of hydrogen-bond acceptors (Lipinski definition) is 3. The van der Waals surface area contributed by atoms with Crippen molar-refractivity contribution in [3.05, 3.63) is 58.6 Å². The van der Waals surface area contributed by atoms with Gasteiger partial charge in [0.1, 0.15) is 11.5 Å². The normalized spacial score (nSPS) is 11.0. The molecule has 0 fully saturated rings. The van der Waals surface area contributed by atoms with Crippen molar-refractivity contribution in [2.75, 3.05) is 7.11 Å². The maximum atomic E-state index is 12.2. The fraction of sp³-hybridized carbons (Fsp3) is 0.188. The Hall–Kier alpha value is -2.41. The summed E-state index contributed by atoms with van der Waals surface area (Å²) in [5.41, 5.74) is 0.876. The highest BCUT2D eigenvalue weighted by Crippen LogP contribution is 2.24. The van der Waals surface area contributed by atoms with Gasteiger partial charge in [0, 0.05) is 11.6 Å². The van der Waals surface area contributed by atoms with Gasteiger partial charge in [-0.3, -0.25) is 4.79 Å². The van der Waals surface area contributed by atoms with Crippen LogP contribution in [0.1, 0.15) is 15.9 Å². The molecule has 1 amide bonds. The number of methoxy groups -OCH3 is 1. The number of ether oxygens (including phenoxy) is 2. The summed E-state index contributed by atoms with van der Waals surface area (Å²) in [7, 11) is 1.43. The highest BCUT2D eigenvalue weighted by Gasteiger charge is 2.30. The zero-order valence-corrected chi connectivity index (χ0v) is 13.2. The molecule has 24 heavy (non-hydrogen) atoms. The SMILES string of the molecule is COc1ccc(Cl)cc1C(=O)NCc1ccc(OC(F)(F)F)cc1. The lowest BCUT2D eigenvalue weighted by atomic mass is 10.1. The Labute approximate surface area is 141 Å². The molecular formula is C16H13ClF3NO3. The Kier molecular flexibility index (Phi) is 5.56. The van der Waals surface area contributed by atoms with Crippen LogP contribution in [0, 0.1) is 0 Å². The first-order chi connectivity index (χ1) is 11.3. The van der Waals surface area contributed by atoms with E-state index in [2.05, 4.69) is 10.1 Å². The largest absolute Gasteiger partial charge is 0.573 e. The molecule has 4 nitrogen and oxygen atoms in total. The Balaban J connectivity index is 2.00. The number of carbonyl (C=O) groups excluding carboxylic acids is 1. The molecule has 2 aromatic carbocycles. The minimum atomic E-state index is -4.74. The van der Waals surface area contributed by atoms with E-state index in [1.165, 1.54) is 37.4 Å². The smallest absolute Gasteiger partial charge is 0.496 e. The summed E-state index contributed by atoms with van der Waals surface area (Å²) >= 11 is 5.86. The monoisotopic (exact) mass is 359 g/mol. The van der Waals surface area contributed by atoms with Gasteiger partial charge in [-0.2, -0.15) is 0 Å². The highest BCUT2D eigenvalue weighted by molar-refractivity contribution is 6.31. The van der Waals surface area contributed by atoms with Crippen LogP contribution < -0.4 is 14.8 Å². The van der Waals surface area contributed by atoms with Gasteiger partial charge in [0.05, 0.1) is 12.7 Å². The van der Waals surface area contributed by atoms with Gasteiger partial charge in [-0.1, -0.05) is 23.7 Å². The van der Waals surface area contributed by atoms with Crippen molar-refractivity contribution in [3.8, 4) is 11.5 Å². The summed E-state index contributed by atoms with van der Waals surface area (Å²) < 4.78 is 45.1. The van der Waals surface area contributed by atoms with E-state index in [9.17, 15) is 18.0 Å². The summed E-state index contributed by atoms with van der Waals surface area (Å²) in [6, 6.07) is 9.84. The second-order valence-electron chi connectivity index (χ2n) is 4.72. The second-order valence-corrected chi connectivity index (χ2v) is 5.16. The van der Waals surface area contributed by atoms with Crippen LogP contribution in [0.5, 0.6) is 11.5 Å². The lowest BCUT2D eigenvalue weighted by Crippen LogP contribution is -2.23. The van der Waals surface area contributed by atoms with Crippen LogP contribution >= 0.6 is 11.6 Å². The first kappa shape index (κ1) is 17.9. The van der Waals surface area contributed by atoms with E-state index >= 15 is 0 Å². The lowest BCUT2D eigenvalue weighted by molar-refractivity contribution is -0.274. The Morgan fingerprint density at radius 2 is 1.83 bits per heavy atom. The van der Waals surface area contributed by atoms with Gasteiger partial charge in [-0.25, -0.2) is 0 Å². The van der Waals surface area contributed by atoms with Crippen molar-refractivity contribution in [3.63, 3.8) is 0 Å². The van der Waals surface area contributed by atoms with Crippen molar-refractivity contribution in [2.24, 2.45) is 0 Å². The fourth-order valence-electron chi connectivity index (χ4n) is 1.94. The van der Waals surface area contributed by atoms with Crippen molar-refractivity contribution in [1.82, 2.24) is 5.32 Å². The molecule has 0 atom stereocenters. The molecule has 0 aliphatic rings. The third-order valence-electron chi connectivity index (χ3n) is 3.02. The van der Waals surface area contributed by atoms with Gasteiger partial charge >= 0.3 is 6.36 Å². The molecule has 0 saturated carbocycles. The van der Waals surface area contributed by atoms with Gasteiger partial charge in [-0.05, 0) is 35.9 Å². The maximum Gasteiger partial charge on any atom is 0.573 e. The topological polar surface area (TPSA) is 47.6 Å². The van der Waals surface area contributed by atoms with E-state index in [0.29, 0.717) is 16.3 Å². The molecule has 0 saturated heterocycles. The van der Waals surface area contributed by atoms with Crippen LogP contribution in [-0.4, -0.2) is 19.4 Å². The van der Waals surface area contributed by atoms with Crippen molar-refractivity contribution >= 4 is 17.5 Å². The summed E-state index contributed by atoms with van der Waals surface area (Å²) in [5.74, 6) is -0.370. The molecule has 0 spiro atoms. The molecule has 128 valence electrons. The third-order valence-corrected chi connectivity index (χ3v) is 3.25. The Morgan fingerprint density at radius 3 is 2.42 bits per heavy atom. The average Bonchev–Trinajstić information content (AvgIpc) is 2.52. The number of benzene rings is 2. The molecule has 2 rings (SSSR count). The number of rotatable bonds is 5. The predicted octanol–water partition coefficient (Wildman–Crippen LogP) is 4.18. The molecule has 0 aromatic heterocycles. The van der Waals surface area contributed by atoms with E-state index < -0.39 is 12.3 Å². The molecule has 2 aromatic rings. The van der Waals surface area contributed by atoms with E-state index in [-0.39, 0.29) is 17.9 Å². The van der Waals surface area contributed by atoms with Gasteiger partial charge in [0.15, 0.2) is 0 Å². The first-order valence-electron chi connectivity index (χ1n) is 6.75. The standard InChI is InChI=1S/C16H13ClF3NO3/c1-23-14-7-4-11(17)8-13(14)15(22)21-9-10-2-5-12(6-3-10)24-16(18,19)20/h2-8H,9H2,1H3,(H,21,22). The number of carbonyl (C=O) groups is 1. The minimum absolute atomic E-state index is 0.126. The van der Waals surface area contributed by atoms with Crippen LogP contribution in [0.3, 0.4) is 0 Å². The molecular weight excluding hydrogens is 347 g/mol. The third kappa shape index (κ3) is 5.06. The van der Waals surface area contributed by atoms with Gasteiger partial charge < -0.3 is 14.8 Å². The highest BCUT2D eigenvalue weighted by atomic mass is 35.5.